The Morgan fingerprint density at radius 2 is 1.72 bits per heavy atom. The lowest BCUT2D eigenvalue weighted by Crippen LogP contribution is -2.29. The molecule has 1 aliphatic rings. The molecule has 1 unspecified atom stereocenters. The van der Waals surface area contributed by atoms with Crippen LogP contribution >= 0.6 is 0 Å². The van der Waals surface area contributed by atoms with E-state index in [9.17, 15) is 24.2 Å². The molecule has 7 heteroatoms. The van der Waals surface area contributed by atoms with E-state index in [1.165, 1.54) is 43.5 Å². The number of ketones is 1. The Hall–Kier alpha value is -4.13. The number of aromatic hydroxyl groups is 1. The van der Waals surface area contributed by atoms with Crippen LogP contribution in [0.3, 0.4) is 0 Å². The molecule has 4 rings (SSSR count). The fourth-order valence-corrected chi connectivity index (χ4v) is 3.89. The van der Waals surface area contributed by atoms with Crippen LogP contribution in [-0.2, 0) is 9.59 Å². The molecule has 1 fully saturated rings. The summed E-state index contributed by atoms with van der Waals surface area (Å²) in [6.07, 6.45) is 0. The van der Waals surface area contributed by atoms with Gasteiger partial charge in [-0.05, 0) is 60.5 Å². The molecule has 2 N–H and O–H groups in total. The highest BCUT2D eigenvalue weighted by atomic mass is 19.1. The monoisotopic (exact) mass is 433 g/mol. The number of aliphatic hydroxyl groups excluding tert-OH is 1. The molecular formula is C25H20FNO5. The average Bonchev–Trinajstić information content (AvgIpc) is 3.04. The van der Waals surface area contributed by atoms with Gasteiger partial charge in [-0.25, -0.2) is 4.39 Å². The fraction of sp³-hybridized carbons (Fsp3) is 0.120. The quantitative estimate of drug-likeness (QED) is 0.360. The SMILES string of the molecule is COc1ccc(/C(O)=C2/C(=O)C(=O)N(c3ccccc3O)C2c2ccc(F)cc2)cc1C. The summed E-state index contributed by atoms with van der Waals surface area (Å²) in [6.45, 7) is 1.79. The van der Waals surface area contributed by atoms with Gasteiger partial charge in [0, 0.05) is 5.56 Å². The lowest BCUT2D eigenvalue weighted by molar-refractivity contribution is -0.132. The molecule has 3 aromatic rings. The van der Waals surface area contributed by atoms with Gasteiger partial charge in [0.2, 0.25) is 0 Å². The van der Waals surface area contributed by atoms with E-state index < -0.39 is 23.5 Å². The number of nitrogens with zero attached hydrogens (tertiary/aromatic N) is 1. The number of benzene rings is 3. The number of ether oxygens (including phenoxy) is 1. The minimum Gasteiger partial charge on any atom is -0.507 e. The van der Waals surface area contributed by atoms with Crippen LogP contribution in [0.1, 0.15) is 22.7 Å². The number of halogens is 1. The summed E-state index contributed by atoms with van der Waals surface area (Å²) in [5, 5.41) is 21.5. The van der Waals surface area contributed by atoms with Gasteiger partial charge in [0.1, 0.15) is 23.1 Å². The Bertz CT molecular complexity index is 1250. The summed E-state index contributed by atoms with van der Waals surface area (Å²) in [7, 11) is 1.52. The molecule has 6 nitrogen and oxygen atoms in total. The Labute approximate surface area is 183 Å². The number of methoxy groups -OCH3 is 1. The van der Waals surface area contributed by atoms with E-state index >= 15 is 0 Å². The first-order valence-corrected chi connectivity index (χ1v) is 9.83. The maximum Gasteiger partial charge on any atom is 0.300 e. The molecular weight excluding hydrogens is 413 g/mol. The number of phenols is 1. The van der Waals surface area contributed by atoms with E-state index in [1.54, 1.807) is 37.3 Å². The van der Waals surface area contributed by atoms with Crippen LogP contribution < -0.4 is 9.64 Å². The van der Waals surface area contributed by atoms with Crippen molar-refractivity contribution in [2.75, 3.05) is 12.0 Å². The highest BCUT2D eigenvalue weighted by Gasteiger charge is 2.47. The van der Waals surface area contributed by atoms with Crippen LogP contribution in [0, 0.1) is 12.7 Å². The zero-order valence-electron chi connectivity index (χ0n) is 17.4. The second-order valence-electron chi connectivity index (χ2n) is 7.39. The molecule has 32 heavy (non-hydrogen) atoms. The summed E-state index contributed by atoms with van der Waals surface area (Å²) in [5.41, 5.74) is 1.40. The molecule has 3 aromatic carbocycles. The number of carbonyl (C=O) groups excluding carboxylic acids is 2. The van der Waals surface area contributed by atoms with Gasteiger partial charge in [0.15, 0.2) is 0 Å². The van der Waals surface area contributed by atoms with E-state index in [0.29, 0.717) is 16.9 Å². The lowest BCUT2D eigenvalue weighted by atomic mass is 9.94. The summed E-state index contributed by atoms with van der Waals surface area (Å²) in [5.74, 6) is -2.28. The molecule has 0 saturated carbocycles. The maximum absolute atomic E-state index is 13.6. The van der Waals surface area contributed by atoms with Crippen molar-refractivity contribution in [3.05, 3.63) is 94.8 Å². The van der Waals surface area contributed by atoms with Crippen LogP contribution in [0.2, 0.25) is 0 Å². The van der Waals surface area contributed by atoms with E-state index in [-0.39, 0.29) is 22.8 Å². The second-order valence-corrected chi connectivity index (χ2v) is 7.39. The number of para-hydroxylation sites is 2. The van der Waals surface area contributed by atoms with Crippen LogP contribution in [0.5, 0.6) is 11.5 Å². The number of anilines is 1. The van der Waals surface area contributed by atoms with Gasteiger partial charge in [-0.3, -0.25) is 14.5 Å². The fourth-order valence-electron chi connectivity index (χ4n) is 3.89. The van der Waals surface area contributed by atoms with Crippen molar-refractivity contribution in [2.45, 2.75) is 13.0 Å². The Balaban J connectivity index is 1.95. The Morgan fingerprint density at radius 1 is 1.03 bits per heavy atom. The van der Waals surface area contributed by atoms with Gasteiger partial charge in [-0.15, -0.1) is 0 Å². The van der Waals surface area contributed by atoms with Crippen molar-refractivity contribution in [1.82, 2.24) is 0 Å². The highest BCUT2D eigenvalue weighted by Crippen LogP contribution is 2.44. The molecule has 0 radical (unpaired) electrons. The third kappa shape index (κ3) is 3.47. The first kappa shape index (κ1) is 21.1. The van der Waals surface area contributed by atoms with Gasteiger partial charge in [-0.1, -0.05) is 24.3 Å². The van der Waals surface area contributed by atoms with E-state index in [0.717, 1.165) is 10.5 Å². The topological polar surface area (TPSA) is 87.1 Å². The van der Waals surface area contributed by atoms with Crippen molar-refractivity contribution < 1.29 is 28.9 Å². The normalized spacial score (nSPS) is 17.6. The molecule has 0 spiro atoms. The summed E-state index contributed by atoms with van der Waals surface area (Å²) in [6, 6.07) is 15.2. The molecule has 1 amide bonds. The summed E-state index contributed by atoms with van der Waals surface area (Å²) >= 11 is 0. The van der Waals surface area contributed by atoms with Gasteiger partial charge >= 0.3 is 0 Å². The molecule has 0 bridgehead atoms. The number of hydrogen-bond acceptors (Lipinski definition) is 5. The standard InChI is InChI=1S/C25H20FNO5/c1-14-13-16(9-12-20(14)32-2)23(29)21-22(15-7-10-17(26)11-8-15)27(25(31)24(21)30)18-5-3-4-6-19(18)28/h3-13,22,28-29H,1-2H3/b23-21-. The predicted molar refractivity (Wildman–Crippen MR) is 117 cm³/mol. The zero-order valence-corrected chi connectivity index (χ0v) is 17.4. The van der Waals surface area contributed by atoms with Crippen LogP contribution in [0.4, 0.5) is 10.1 Å². The second kappa shape index (κ2) is 8.19. The van der Waals surface area contributed by atoms with Crippen molar-refractivity contribution in [3.8, 4) is 11.5 Å². The molecule has 1 heterocycles. The first-order valence-electron chi connectivity index (χ1n) is 9.83. The third-order valence-corrected chi connectivity index (χ3v) is 5.44. The van der Waals surface area contributed by atoms with Crippen LogP contribution in [-0.4, -0.2) is 29.0 Å². The minimum absolute atomic E-state index is 0.105. The van der Waals surface area contributed by atoms with Gasteiger partial charge in [0.05, 0.1) is 24.4 Å². The number of hydrogen-bond donors (Lipinski definition) is 2. The zero-order chi connectivity index (χ0) is 23.0. The average molecular weight is 433 g/mol. The van der Waals surface area contributed by atoms with E-state index in [2.05, 4.69) is 0 Å². The van der Waals surface area contributed by atoms with Gasteiger partial charge in [-0.2, -0.15) is 0 Å². The van der Waals surface area contributed by atoms with Gasteiger partial charge < -0.3 is 14.9 Å². The molecule has 0 aromatic heterocycles. The number of carbonyl (C=O) groups is 2. The number of aliphatic hydroxyl groups is 1. The summed E-state index contributed by atoms with van der Waals surface area (Å²) < 4.78 is 18.8. The largest absolute Gasteiger partial charge is 0.507 e. The smallest absolute Gasteiger partial charge is 0.300 e. The van der Waals surface area contributed by atoms with Crippen LogP contribution in [0.25, 0.3) is 5.76 Å². The number of amides is 1. The minimum atomic E-state index is -1.06. The van der Waals surface area contributed by atoms with Crippen molar-refractivity contribution in [1.29, 1.82) is 0 Å². The molecule has 162 valence electrons. The van der Waals surface area contributed by atoms with Crippen molar-refractivity contribution in [2.24, 2.45) is 0 Å². The number of phenolic OH excluding ortho intramolecular Hbond substituents is 1. The third-order valence-electron chi connectivity index (χ3n) is 5.44. The molecule has 0 aliphatic carbocycles. The maximum atomic E-state index is 13.6. The van der Waals surface area contributed by atoms with E-state index in [1.807, 2.05) is 0 Å². The molecule has 1 saturated heterocycles. The Morgan fingerprint density at radius 3 is 2.34 bits per heavy atom. The number of rotatable bonds is 4. The van der Waals surface area contributed by atoms with Crippen molar-refractivity contribution >= 4 is 23.1 Å². The van der Waals surface area contributed by atoms with Crippen molar-refractivity contribution in [3.63, 3.8) is 0 Å². The van der Waals surface area contributed by atoms with Gasteiger partial charge in [0.25, 0.3) is 11.7 Å². The predicted octanol–water partition coefficient (Wildman–Crippen LogP) is 4.47. The number of Topliss-reactive ketones (excluding diaryl/α,β-unsaturated/α-hetero) is 1. The number of aryl methyl sites for hydroxylation is 1. The first-order chi connectivity index (χ1) is 15.3. The Kier molecular flexibility index (Phi) is 5.40. The van der Waals surface area contributed by atoms with Crippen LogP contribution in [0.15, 0.2) is 72.3 Å². The lowest BCUT2D eigenvalue weighted by Gasteiger charge is -2.26. The summed E-state index contributed by atoms with van der Waals surface area (Å²) in [4.78, 5) is 27.3. The van der Waals surface area contributed by atoms with E-state index in [4.69, 9.17) is 4.74 Å². The molecule has 1 atom stereocenters. The highest BCUT2D eigenvalue weighted by molar-refractivity contribution is 6.51. The molecule has 1 aliphatic heterocycles.